The number of anilines is 2. The Morgan fingerprint density at radius 1 is 0.943 bits per heavy atom. The summed E-state index contributed by atoms with van der Waals surface area (Å²) in [5, 5.41) is 25.8. The highest BCUT2D eigenvalue weighted by Crippen LogP contribution is 2.31. The molecule has 0 aromatic heterocycles. The maximum Gasteiger partial charge on any atom is 0.323 e. The van der Waals surface area contributed by atoms with Crippen molar-refractivity contribution in [2.45, 2.75) is 11.8 Å². The van der Waals surface area contributed by atoms with Gasteiger partial charge in [0.1, 0.15) is 11.5 Å². The number of hydrogen-bond donors (Lipinski definition) is 6. The molecule has 3 aromatic rings. The van der Waals surface area contributed by atoms with Crippen LogP contribution < -0.4 is 10.6 Å². The number of benzene rings is 3. The number of phenolic OH excluding ortho intramolecular Hbond substituents is 1. The topological polar surface area (TPSA) is 190 Å². The quantitative estimate of drug-likeness (QED) is 0.158. The standard InChI is InChI=1S/C22H20N2O9S2/c1-12-7-15(3-5-18(12)20(25)8-13(2)34(28,29)30)23-22(27)24-16-4-6-19-14(9-16)10-17(11-21(19)26)35(31,32)33/h3-11,25-26H,2H2,1H3,(H2,23,24,27)(H,28,29,30)(H,31,32,33)/b20-8+. The number of aliphatic hydroxyl groups excluding tert-OH is 1. The van der Waals surface area contributed by atoms with Crippen molar-refractivity contribution in [3.63, 3.8) is 0 Å². The number of phenols is 1. The predicted molar refractivity (Wildman–Crippen MR) is 131 cm³/mol. The minimum Gasteiger partial charge on any atom is -0.507 e. The van der Waals surface area contributed by atoms with E-state index in [1.807, 2.05) is 0 Å². The smallest absolute Gasteiger partial charge is 0.323 e. The van der Waals surface area contributed by atoms with Crippen LogP contribution in [-0.4, -0.2) is 42.2 Å². The number of fused-ring (bicyclic) bond motifs is 1. The molecule has 0 bridgehead atoms. The van der Waals surface area contributed by atoms with Crippen LogP contribution >= 0.6 is 0 Å². The van der Waals surface area contributed by atoms with Gasteiger partial charge in [-0.3, -0.25) is 9.11 Å². The molecule has 3 rings (SSSR count). The molecule has 0 fully saturated rings. The van der Waals surface area contributed by atoms with Gasteiger partial charge in [0.2, 0.25) is 0 Å². The summed E-state index contributed by atoms with van der Waals surface area (Å²) in [6, 6.07) is 10.1. The van der Waals surface area contributed by atoms with Gasteiger partial charge in [-0.25, -0.2) is 4.79 Å². The number of aliphatic hydroxyl groups is 1. The van der Waals surface area contributed by atoms with Crippen LogP contribution in [0.3, 0.4) is 0 Å². The molecule has 35 heavy (non-hydrogen) atoms. The van der Waals surface area contributed by atoms with Crippen LogP contribution in [-0.2, 0) is 20.2 Å². The number of rotatable bonds is 6. The second-order valence-electron chi connectivity index (χ2n) is 7.43. The monoisotopic (exact) mass is 520 g/mol. The lowest BCUT2D eigenvalue weighted by atomic mass is 10.1. The normalized spacial score (nSPS) is 12.4. The summed E-state index contributed by atoms with van der Waals surface area (Å²) in [6.45, 7) is 4.76. The van der Waals surface area contributed by atoms with Crippen molar-refractivity contribution in [1.29, 1.82) is 0 Å². The van der Waals surface area contributed by atoms with E-state index in [2.05, 4.69) is 17.2 Å². The van der Waals surface area contributed by atoms with E-state index in [1.165, 1.54) is 36.4 Å². The summed E-state index contributed by atoms with van der Waals surface area (Å²) in [4.78, 5) is 11.2. The van der Waals surface area contributed by atoms with Crippen LogP contribution in [0.25, 0.3) is 16.5 Å². The summed E-state index contributed by atoms with van der Waals surface area (Å²) >= 11 is 0. The first kappa shape index (κ1) is 25.7. The van der Waals surface area contributed by atoms with E-state index in [9.17, 15) is 36.4 Å². The molecule has 0 saturated carbocycles. The van der Waals surface area contributed by atoms with E-state index in [0.717, 1.165) is 18.2 Å². The number of hydrogen-bond acceptors (Lipinski definition) is 7. The number of carbonyl (C=O) groups excluding carboxylic acids is 1. The van der Waals surface area contributed by atoms with Crippen LogP contribution in [0.1, 0.15) is 11.1 Å². The van der Waals surface area contributed by atoms with Gasteiger partial charge in [0, 0.05) is 34.5 Å². The molecule has 0 aliphatic rings. The highest BCUT2D eigenvalue weighted by Gasteiger charge is 2.15. The highest BCUT2D eigenvalue weighted by atomic mass is 32.2. The van der Waals surface area contributed by atoms with Crippen molar-refractivity contribution < 1.29 is 40.9 Å². The summed E-state index contributed by atoms with van der Waals surface area (Å²) in [6.07, 6.45) is 0.794. The molecule has 13 heteroatoms. The van der Waals surface area contributed by atoms with Crippen LogP contribution in [0.2, 0.25) is 0 Å². The fourth-order valence-corrected chi connectivity index (χ4v) is 3.97. The fourth-order valence-electron chi connectivity index (χ4n) is 3.18. The van der Waals surface area contributed by atoms with Gasteiger partial charge in [-0.15, -0.1) is 0 Å². The van der Waals surface area contributed by atoms with Crippen molar-refractivity contribution in [2.75, 3.05) is 10.6 Å². The number of aromatic hydroxyl groups is 1. The van der Waals surface area contributed by atoms with E-state index < -0.39 is 41.8 Å². The Balaban J connectivity index is 1.79. The minimum absolute atomic E-state index is 0.240. The van der Waals surface area contributed by atoms with E-state index in [-0.39, 0.29) is 22.4 Å². The molecule has 11 nitrogen and oxygen atoms in total. The first-order chi connectivity index (χ1) is 16.1. The number of amides is 2. The van der Waals surface area contributed by atoms with Crippen molar-refractivity contribution in [1.82, 2.24) is 0 Å². The molecule has 3 aromatic carbocycles. The number of carbonyl (C=O) groups is 1. The highest BCUT2D eigenvalue weighted by molar-refractivity contribution is 7.90. The Bertz CT molecular complexity index is 1610. The molecule has 0 spiro atoms. The van der Waals surface area contributed by atoms with Gasteiger partial charge in [-0.05, 0) is 60.3 Å². The Labute approximate surface area is 200 Å². The summed E-state index contributed by atoms with van der Waals surface area (Å²) in [5.74, 6) is -0.816. The number of aryl methyl sites for hydroxylation is 1. The third kappa shape index (κ3) is 6.16. The average Bonchev–Trinajstić information content (AvgIpc) is 2.72. The van der Waals surface area contributed by atoms with Gasteiger partial charge in [0.25, 0.3) is 20.2 Å². The van der Waals surface area contributed by atoms with Crippen LogP contribution in [0.15, 0.2) is 71.0 Å². The Morgan fingerprint density at radius 2 is 1.54 bits per heavy atom. The summed E-state index contributed by atoms with van der Waals surface area (Å²) < 4.78 is 63.1. The Kier molecular flexibility index (Phi) is 6.89. The molecule has 184 valence electrons. The van der Waals surface area contributed by atoms with Gasteiger partial charge in [-0.2, -0.15) is 16.8 Å². The average molecular weight is 521 g/mol. The van der Waals surface area contributed by atoms with Crippen molar-refractivity contribution in [2.24, 2.45) is 0 Å². The van der Waals surface area contributed by atoms with Gasteiger partial charge >= 0.3 is 6.03 Å². The van der Waals surface area contributed by atoms with Crippen molar-refractivity contribution in [3.8, 4) is 5.75 Å². The number of nitrogens with one attached hydrogen (secondary N) is 2. The van der Waals surface area contributed by atoms with E-state index in [4.69, 9.17) is 4.55 Å². The molecule has 0 aliphatic heterocycles. The molecule has 6 N–H and O–H groups in total. The molecule has 0 radical (unpaired) electrons. The number of allylic oxidation sites excluding steroid dienone is 1. The molecule has 0 aliphatic carbocycles. The predicted octanol–water partition coefficient (Wildman–Crippen LogP) is 4.04. The fraction of sp³-hybridized carbons (Fsp3) is 0.0455. The van der Waals surface area contributed by atoms with Gasteiger partial charge in [0.15, 0.2) is 0 Å². The van der Waals surface area contributed by atoms with Gasteiger partial charge in [0.05, 0.1) is 9.80 Å². The molecule has 0 saturated heterocycles. The largest absolute Gasteiger partial charge is 0.507 e. The van der Waals surface area contributed by atoms with Crippen LogP contribution in [0, 0.1) is 6.92 Å². The maximum atomic E-state index is 12.4. The second kappa shape index (κ2) is 9.38. The molecule has 0 heterocycles. The lowest BCUT2D eigenvalue weighted by Gasteiger charge is -2.12. The lowest BCUT2D eigenvalue weighted by Crippen LogP contribution is -2.19. The summed E-state index contributed by atoms with van der Waals surface area (Å²) in [7, 11) is -9.10. The van der Waals surface area contributed by atoms with Crippen LogP contribution in [0.5, 0.6) is 5.75 Å². The molecule has 0 atom stereocenters. The molecular formula is C22H20N2O9S2. The minimum atomic E-state index is -4.55. The van der Waals surface area contributed by atoms with Crippen LogP contribution in [0.4, 0.5) is 16.2 Å². The molecule has 0 unspecified atom stereocenters. The van der Waals surface area contributed by atoms with E-state index in [1.54, 1.807) is 6.92 Å². The first-order valence-electron chi connectivity index (χ1n) is 9.65. The van der Waals surface area contributed by atoms with E-state index >= 15 is 0 Å². The Hall–Kier alpha value is -3.91. The molecular weight excluding hydrogens is 500 g/mol. The Morgan fingerprint density at radius 3 is 2.11 bits per heavy atom. The van der Waals surface area contributed by atoms with Crippen molar-refractivity contribution in [3.05, 3.63) is 77.2 Å². The van der Waals surface area contributed by atoms with E-state index in [0.29, 0.717) is 16.6 Å². The van der Waals surface area contributed by atoms with Gasteiger partial charge < -0.3 is 20.8 Å². The third-order valence-electron chi connectivity index (χ3n) is 4.85. The summed E-state index contributed by atoms with van der Waals surface area (Å²) in [5.41, 5.74) is 1.31. The SMILES string of the molecule is C=C(/C=C(/O)c1ccc(NC(=O)Nc2ccc3c(O)cc(S(=O)(=O)O)cc3c2)cc1C)S(=O)(=O)O. The maximum absolute atomic E-state index is 12.4. The van der Waals surface area contributed by atoms with Crippen molar-refractivity contribution >= 4 is 54.2 Å². The second-order valence-corrected chi connectivity index (χ2v) is 10.3. The zero-order valence-electron chi connectivity index (χ0n) is 18.0. The third-order valence-corrected chi connectivity index (χ3v) is 6.46. The van der Waals surface area contributed by atoms with Gasteiger partial charge in [-0.1, -0.05) is 6.58 Å². The first-order valence-corrected chi connectivity index (χ1v) is 12.5. The lowest BCUT2D eigenvalue weighted by molar-refractivity contribution is 0.262. The molecule has 2 amide bonds. The number of urea groups is 1. The zero-order valence-corrected chi connectivity index (χ0v) is 19.7. The zero-order chi connectivity index (χ0) is 26.1.